The molecule has 0 aromatic heterocycles. The first-order chi connectivity index (χ1) is 8.68. The van der Waals surface area contributed by atoms with Gasteiger partial charge in [0.15, 0.2) is 0 Å². The van der Waals surface area contributed by atoms with Crippen LogP contribution in [0.3, 0.4) is 0 Å². The summed E-state index contributed by atoms with van der Waals surface area (Å²) in [6.45, 7) is 4.17. The van der Waals surface area contributed by atoms with E-state index in [0.717, 1.165) is 13.2 Å². The Morgan fingerprint density at radius 3 is 2.50 bits per heavy atom. The van der Waals surface area contributed by atoms with Gasteiger partial charge in [-0.15, -0.1) is 0 Å². The minimum Gasteiger partial charge on any atom is -0.375 e. The highest BCUT2D eigenvalue weighted by Crippen LogP contribution is 2.47. The van der Waals surface area contributed by atoms with Crippen molar-refractivity contribution in [2.75, 3.05) is 20.3 Å². The van der Waals surface area contributed by atoms with E-state index in [1.807, 2.05) is 0 Å². The van der Waals surface area contributed by atoms with Gasteiger partial charge in [-0.3, -0.25) is 0 Å². The lowest BCUT2D eigenvalue weighted by Gasteiger charge is -2.50. The average Bonchev–Trinajstić information content (AvgIpc) is 2.76. The Labute approximate surface area is 111 Å². The first-order valence-electron chi connectivity index (χ1n) is 7.63. The molecule has 1 aliphatic carbocycles. The zero-order chi connectivity index (χ0) is 12.6. The quantitative estimate of drug-likeness (QED) is 0.838. The highest BCUT2D eigenvalue weighted by atomic mass is 16.5. The van der Waals surface area contributed by atoms with Gasteiger partial charge in [-0.2, -0.15) is 0 Å². The summed E-state index contributed by atoms with van der Waals surface area (Å²) in [5, 5.41) is 3.56. The van der Waals surface area contributed by atoms with Crippen LogP contribution in [-0.4, -0.2) is 37.5 Å². The lowest BCUT2D eigenvalue weighted by molar-refractivity contribution is -0.157. The van der Waals surface area contributed by atoms with Gasteiger partial charge >= 0.3 is 0 Å². The molecule has 18 heavy (non-hydrogen) atoms. The number of rotatable bonds is 3. The van der Waals surface area contributed by atoms with Crippen LogP contribution in [0.25, 0.3) is 0 Å². The monoisotopic (exact) mass is 253 g/mol. The van der Waals surface area contributed by atoms with Crippen molar-refractivity contribution in [1.82, 2.24) is 5.32 Å². The summed E-state index contributed by atoms with van der Waals surface area (Å²) in [6.07, 6.45) is 8.73. The minimum atomic E-state index is 0.0433. The Hall–Kier alpha value is -0.120. The summed E-state index contributed by atoms with van der Waals surface area (Å²) in [4.78, 5) is 0. The second-order valence-electron chi connectivity index (χ2n) is 6.67. The normalized spacial score (nSPS) is 40.7. The van der Waals surface area contributed by atoms with Crippen LogP contribution in [0.15, 0.2) is 0 Å². The molecule has 0 aromatic rings. The zero-order valence-electron chi connectivity index (χ0n) is 11.8. The molecule has 0 amide bonds. The van der Waals surface area contributed by atoms with Crippen molar-refractivity contribution in [2.24, 2.45) is 5.92 Å². The van der Waals surface area contributed by atoms with Crippen molar-refractivity contribution < 1.29 is 9.47 Å². The van der Waals surface area contributed by atoms with Gasteiger partial charge in [-0.1, -0.05) is 0 Å². The van der Waals surface area contributed by atoms with E-state index in [2.05, 4.69) is 19.3 Å². The maximum atomic E-state index is 6.06. The highest BCUT2D eigenvalue weighted by Gasteiger charge is 2.48. The van der Waals surface area contributed by atoms with E-state index in [1.165, 1.54) is 44.9 Å². The number of hydrogen-bond acceptors (Lipinski definition) is 3. The Morgan fingerprint density at radius 2 is 1.94 bits per heavy atom. The van der Waals surface area contributed by atoms with Gasteiger partial charge in [-0.05, 0) is 64.8 Å². The molecule has 2 aliphatic heterocycles. The summed E-state index contributed by atoms with van der Waals surface area (Å²) in [5.74, 6) is 0.715. The van der Waals surface area contributed by atoms with Gasteiger partial charge in [0.1, 0.15) is 0 Å². The molecule has 1 N–H and O–H groups in total. The Morgan fingerprint density at radius 1 is 1.11 bits per heavy atom. The molecule has 3 nitrogen and oxygen atoms in total. The minimum absolute atomic E-state index is 0.0433. The van der Waals surface area contributed by atoms with Crippen LogP contribution in [0.4, 0.5) is 0 Å². The zero-order valence-corrected chi connectivity index (χ0v) is 11.8. The van der Waals surface area contributed by atoms with E-state index in [4.69, 9.17) is 9.47 Å². The van der Waals surface area contributed by atoms with Crippen LogP contribution in [0, 0.1) is 5.92 Å². The second kappa shape index (κ2) is 4.77. The molecule has 0 aromatic carbocycles. The lowest BCUT2D eigenvalue weighted by atomic mass is 9.68. The van der Waals surface area contributed by atoms with E-state index < -0.39 is 0 Å². The molecule has 104 valence electrons. The number of nitrogens with one attached hydrogen (secondary N) is 1. The predicted octanol–water partition coefficient (Wildman–Crippen LogP) is 2.49. The number of likely N-dealkylation sites (N-methyl/N-ethyl adjacent to an activating group) is 1. The van der Waals surface area contributed by atoms with Crippen LogP contribution >= 0.6 is 0 Å². The summed E-state index contributed by atoms with van der Waals surface area (Å²) in [7, 11) is 2.10. The highest BCUT2D eigenvalue weighted by molar-refractivity contribution is 5.02. The molecule has 3 heteroatoms. The Balaban J connectivity index is 1.71. The van der Waals surface area contributed by atoms with Crippen molar-refractivity contribution in [1.29, 1.82) is 0 Å². The van der Waals surface area contributed by atoms with Gasteiger partial charge in [0, 0.05) is 19.3 Å². The molecule has 3 aliphatic rings. The van der Waals surface area contributed by atoms with Gasteiger partial charge in [0.05, 0.1) is 11.2 Å². The third-order valence-electron chi connectivity index (χ3n) is 5.49. The van der Waals surface area contributed by atoms with Crippen LogP contribution < -0.4 is 5.32 Å². The second-order valence-corrected chi connectivity index (χ2v) is 6.67. The third-order valence-corrected chi connectivity index (χ3v) is 5.49. The third kappa shape index (κ3) is 2.10. The lowest BCUT2D eigenvalue weighted by Crippen LogP contribution is -2.56. The van der Waals surface area contributed by atoms with Gasteiger partial charge in [-0.25, -0.2) is 0 Å². The van der Waals surface area contributed by atoms with E-state index >= 15 is 0 Å². The molecule has 3 unspecified atom stereocenters. The predicted molar refractivity (Wildman–Crippen MR) is 71.7 cm³/mol. The molecule has 0 bridgehead atoms. The van der Waals surface area contributed by atoms with E-state index in [-0.39, 0.29) is 11.2 Å². The Kier molecular flexibility index (Phi) is 3.41. The van der Waals surface area contributed by atoms with Crippen LogP contribution in [0.5, 0.6) is 0 Å². The number of hydrogen-bond donors (Lipinski definition) is 1. The van der Waals surface area contributed by atoms with Gasteiger partial charge in [0.2, 0.25) is 0 Å². The molecular formula is C15H27NO2. The molecule has 3 atom stereocenters. The largest absolute Gasteiger partial charge is 0.375 e. The maximum Gasteiger partial charge on any atom is 0.0810 e. The fourth-order valence-electron chi connectivity index (χ4n) is 4.36. The van der Waals surface area contributed by atoms with Crippen molar-refractivity contribution in [3.05, 3.63) is 0 Å². The molecule has 1 saturated carbocycles. The van der Waals surface area contributed by atoms with Crippen LogP contribution in [0.1, 0.15) is 51.9 Å². The standard InChI is InChI=1S/C15H27NO2/c1-14(6-4-9-17-14)13(16-2)12-5-10-18-15(11-12)7-3-8-15/h12-13,16H,3-11H2,1-2H3. The van der Waals surface area contributed by atoms with Crippen molar-refractivity contribution in [3.63, 3.8) is 0 Å². The fourth-order valence-corrected chi connectivity index (χ4v) is 4.36. The van der Waals surface area contributed by atoms with Crippen molar-refractivity contribution in [3.8, 4) is 0 Å². The van der Waals surface area contributed by atoms with Gasteiger partial charge in [0.25, 0.3) is 0 Å². The molecule has 2 heterocycles. The maximum absolute atomic E-state index is 6.06. The Bertz CT molecular complexity index is 295. The van der Waals surface area contributed by atoms with Crippen molar-refractivity contribution >= 4 is 0 Å². The molecule has 0 radical (unpaired) electrons. The SMILES string of the molecule is CNC(C1CCOC2(CCC2)C1)C1(C)CCCO1. The first-order valence-corrected chi connectivity index (χ1v) is 7.63. The smallest absolute Gasteiger partial charge is 0.0810 e. The summed E-state index contributed by atoms with van der Waals surface area (Å²) >= 11 is 0. The number of ether oxygens (including phenoxy) is 2. The molecule has 1 spiro atoms. The summed E-state index contributed by atoms with van der Waals surface area (Å²) < 4.78 is 12.1. The van der Waals surface area contributed by atoms with Crippen LogP contribution in [0.2, 0.25) is 0 Å². The molecule has 2 saturated heterocycles. The molecule has 3 fully saturated rings. The van der Waals surface area contributed by atoms with Gasteiger partial charge < -0.3 is 14.8 Å². The summed E-state index contributed by atoms with van der Waals surface area (Å²) in [5.41, 5.74) is 0.286. The van der Waals surface area contributed by atoms with E-state index in [0.29, 0.717) is 12.0 Å². The van der Waals surface area contributed by atoms with Crippen LogP contribution in [-0.2, 0) is 9.47 Å². The van der Waals surface area contributed by atoms with E-state index in [9.17, 15) is 0 Å². The fraction of sp³-hybridized carbons (Fsp3) is 1.00. The summed E-state index contributed by atoms with van der Waals surface area (Å²) in [6, 6.07) is 0.487. The topological polar surface area (TPSA) is 30.5 Å². The average molecular weight is 253 g/mol. The van der Waals surface area contributed by atoms with E-state index in [1.54, 1.807) is 0 Å². The van der Waals surface area contributed by atoms with Crippen molar-refractivity contribution in [2.45, 2.75) is 69.1 Å². The molecular weight excluding hydrogens is 226 g/mol. The molecule has 3 rings (SSSR count). The first kappa shape index (κ1) is 12.9.